The van der Waals surface area contributed by atoms with Gasteiger partial charge in [-0.3, -0.25) is 14.2 Å². The Morgan fingerprint density at radius 1 is 1.03 bits per heavy atom. The van der Waals surface area contributed by atoms with E-state index in [0.717, 1.165) is 42.6 Å². The first-order chi connectivity index (χ1) is 16.5. The number of piperidine rings is 1. The Morgan fingerprint density at radius 2 is 1.79 bits per heavy atom. The molecule has 1 aromatic heterocycles. The summed E-state index contributed by atoms with van der Waals surface area (Å²) in [5, 5.41) is 3.93. The maximum atomic E-state index is 13.9. The highest BCUT2D eigenvalue weighted by Gasteiger charge is 2.21. The zero-order valence-electron chi connectivity index (χ0n) is 19.7. The van der Waals surface area contributed by atoms with Crippen molar-refractivity contribution in [3.05, 3.63) is 99.3 Å². The first kappa shape index (κ1) is 22.2. The molecule has 34 heavy (non-hydrogen) atoms. The SMILES string of the molecule is Cc1ccc(C(=O)c2ccc3nc(-c4ccccc4C)n(C[C@H]4CCCNC4)c(=O)c3c2)cc1. The number of aromatic nitrogens is 2. The molecule has 172 valence electrons. The first-order valence-electron chi connectivity index (χ1n) is 11.9. The normalized spacial score (nSPS) is 16.0. The number of hydrogen-bond donors (Lipinski definition) is 1. The molecule has 0 amide bonds. The van der Waals surface area contributed by atoms with E-state index in [0.29, 0.717) is 40.3 Å². The molecule has 0 saturated carbocycles. The third-order valence-corrected chi connectivity index (χ3v) is 6.76. The van der Waals surface area contributed by atoms with Crippen molar-refractivity contribution in [1.82, 2.24) is 14.9 Å². The van der Waals surface area contributed by atoms with Gasteiger partial charge in [-0.25, -0.2) is 4.98 Å². The smallest absolute Gasteiger partial charge is 0.261 e. The molecular formula is C29H29N3O2. The summed E-state index contributed by atoms with van der Waals surface area (Å²) in [6.07, 6.45) is 2.19. The van der Waals surface area contributed by atoms with Gasteiger partial charge in [0.15, 0.2) is 5.78 Å². The van der Waals surface area contributed by atoms with E-state index in [9.17, 15) is 9.59 Å². The van der Waals surface area contributed by atoms with Gasteiger partial charge in [0.2, 0.25) is 0 Å². The van der Waals surface area contributed by atoms with Crippen LogP contribution in [-0.4, -0.2) is 28.4 Å². The molecule has 1 aliphatic heterocycles. The number of ketones is 1. The third-order valence-electron chi connectivity index (χ3n) is 6.76. The van der Waals surface area contributed by atoms with Crippen LogP contribution in [0.2, 0.25) is 0 Å². The largest absolute Gasteiger partial charge is 0.316 e. The molecule has 1 saturated heterocycles. The van der Waals surface area contributed by atoms with Gasteiger partial charge in [-0.05, 0) is 69.5 Å². The van der Waals surface area contributed by atoms with Crippen molar-refractivity contribution in [3.8, 4) is 11.4 Å². The summed E-state index contributed by atoms with van der Waals surface area (Å²) >= 11 is 0. The van der Waals surface area contributed by atoms with Crippen LogP contribution in [0.25, 0.3) is 22.3 Å². The average molecular weight is 452 g/mol. The van der Waals surface area contributed by atoms with Crippen molar-refractivity contribution >= 4 is 16.7 Å². The number of nitrogens with zero attached hydrogens (tertiary/aromatic N) is 2. The summed E-state index contributed by atoms with van der Waals surface area (Å²) in [4.78, 5) is 31.9. The highest BCUT2D eigenvalue weighted by atomic mass is 16.1. The third kappa shape index (κ3) is 4.31. The van der Waals surface area contributed by atoms with Gasteiger partial charge in [-0.15, -0.1) is 0 Å². The van der Waals surface area contributed by atoms with Crippen LogP contribution >= 0.6 is 0 Å². The molecule has 0 aliphatic carbocycles. The number of benzene rings is 3. The highest BCUT2D eigenvalue weighted by molar-refractivity contribution is 6.10. The molecule has 0 unspecified atom stereocenters. The molecule has 5 rings (SSSR count). The van der Waals surface area contributed by atoms with E-state index >= 15 is 0 Å². The van der Waals surface area contributed by atoms with E-state index < -0.39 is 0 Å². The van der Waals surface area contributed by atoms with Gasteiger partial charge in [-0.2, -0.15) is 0 Å². The number of aryl methyl sites for hydroxylation is 2. The van der Waals surface area contributed by atoms with E-state index in [1.165, 1.54) is 0 Å². The van der Waals surface area contributed by atoms with E-state index in [4.69, 9.17) is 4.98 Å². The second-order valence-electron chi connectivity index (χ2n) is 9.31. The van der Waals surface area contributed by atoms with Gasteiger partial charge >= 0.3 is 0 Å². The van der Waals surface area contributed by atoms with Gasteiger partial charge in [0.25, 0.3) is 5.56 Å². The molecule has 1 aliphatic rings. The van der Waals surface area contributed by atoms with Crippen molar-refractivity contribution in [3.63, 3.8) is 0 Å². The van der Waals surface area contributed by atoms with Gasteiger partial charge < -0.3 is 5.32 Å². The van der Waals surface area contributed by atoms with Gasteiger partial charge in [0.05, 0.1) is 10.9 Å². The van der Waals surface area contributed by atoms with Crippen LogP contribution in [-0.2, 0) is 6.54 Å². The molecule has 0 spiro atoms. The van der Waals surface area contributed by atoms with Crippen molar-refractivity contribution in [1.29, 1.82) is 0 Å². The average Bonchev–Trinajstić information content (AvgIpc) is 2.86. The van der Waals surface area contributed by atoms with E-state index in [1.54, 1.807) is 18.2 Å². The van der Waals surface area contributed by atoms with Gasteiger partial charge in [0, 0.05) is 23.2 Å². The monoisotopic (exact) mass is 451 g/mol. The van der Waals surface area contributed by atoms with E-state index in [-0.39, 0.29) is 11.3 Å². The summed E-state index contributed by atoms with van der Waals surface area (Å²) in [6, 6.07) is 20.8. The fourth-order valence-electron chi connectivity index (χ4n) is 4.77. The molecule has 5 nitrogen and oxygen atoms in total. The number of hydrogen-bond acceptors (Lipinski definition) is 4. The van der Waals surface area contributed by atoms with Gasteiger partial charge in [0.1, 0.15) is 5.82 Å². The summed E-state index contributed by atoms with van der Waals surface area (Å²) in [5.74, 6) is 0.969. The molecule has 1 atom stereocenters. The van der Waals surface area contributed by atoms with Crippen LogP contribution in [0, 0.1) is 19.8 Å². The number of carbonyl (C=O) groups is 1. The summed E-state index contributed by atoms with van der Waals surface area (Å²) < 4.78 is 1.82. The van der Waals surface area contributed by atoms with Crippen molar-refractivity contribution in [2.24, 2.45) is 5.92 Å². The topological polar surface area (TPSA) is 64.0 Å². The molecule has 2 heterocycles. The number of rotatable bonds is 5. The molecule has 5 heteroatoms. The van der Waals surface area contributed by atoms with Crippen LogP contribution in [0.15, 0.2) is 71.5 Å². The fourth-order valence-corrected chi connectivity index (χ4v) is 4.77. The van der Waals surface area contributed by atoms with Crippen LogP contribution in [0.4, 0.5) is 0 Å². The molecule has 3 aromatic carbocycles. The maximum Gasteiger partial charge on any atom is 0.261 e. The lowest BCUT2D eigenvalue weighted by Crippen LogP contribution is -2.35. The Bertz CT molecular complexity index is 1410. The predicted molar refractivity (Wildman–Crippen MR) is 136 cm³/mol. The van der Waals surface area contributed by atoms with Crippen LogP contribution in [0.3, 0.4) is 0 Å². The highest BCUT2D eigenvalue weighted by Crippen LogP contribution is 2.25. The Balaban J connectivity index is 1.65. The Morgan fingerprint density at radius 3 is 2.53 bits per heavy atom. The Labute approximate surface area is 199 Å². The number of fused-ring (bicyclic) bond motifs is 1. The summed E-state index contributed by atoms with van der Waals surface area (Å²) in [7, 11) is 0. The zero-order chi connectivity index (χ0) is 23.7. The number of carbonyl (C=O) groups excluding carboxylic acids is 1. The van der Waals surface area contributed by atoms with Crippen LogP contribution < -0.4 is 10.9 Å². The summed E-state index contributed by atoms with van der Waals surface area (Å²) in [5.41, 5.74) is 4.78. The molecule has 0 bridgehead atoms. The number of nitrogens with one attached hydrogen (secondary N) is 1. The maximum absolute atomic E-state index is 13.9. The molecule has 1 fully saturated rings. The summed E-state index contributed by atoms with van der Waals surface area (Å²) in [6.45, 7) is 6.56. The first-order valence-corrected chi connectivity index (χ1v) is 11.9. The minimum atomic E-state index is -0.0905. The van der Waals surface area contributed by atoms with Crippen molar-refractivity contribution in [2.75, 3.05) is 13.1 Å². The Hall–Kier alpha value is -3.57. The minimum Gasteiger partial charge on any atom is -0.316 e. The Kier molecular flexibility index (Phi) is 6.12. The lowest BCUT2D eigenvalue weighted by Gasteiger charge is -2.25. The standard InChI is InChI=1S/C29H29N3O2/c1-19-9-11-22(12-10-19)27(33)23-13-14-26-25(16-23)29(34)32(18-21-7-5-15-30-17-21)28(31-26)24-8-4-3-6-20(24)2/h3-4,6,8-14,16,21,30H,5,7,15,17-18H2,1-2H3/t21-/m0/s1. The van der Waals surface area contributed by atoms with Crippen LogP contribution in [0.1, 0.15) is 39.9 Å². The molecule has 1 N–H and O–H groups in total. The van der Waals surface area contributed by atoms with E-state index in [1.807, 2.05) is 66.9 Å². The second-order valence-corrected chi connectivity index (χ2v) is 9.31. The predicted octanol–water partition coefficient (Wildman–Crippen LogP) is 4.91. The lowest BCUT2D eigenvalue weighted by atomic mass is 9.98. The van der Waals surface area contributed by atoms with Gasteiger partial charge in [-0.1, -0.05) is 54.1 Å². The van der Waals surface area contributed by atoms with Crippen molar-refractivity contribution in [2.45, 2.75) is 33.2 Å². The molecule has 4 aromatic rings. The van der Waals surface area contributed by atoms with Crippen LogP contribution in [0.5, 0.6) is 0 Å². The second kappa shape index (κ2) is 9.35. The van der Waals surface area contributed by atoms with Crippen molar-refractivity contribution < 1.29 is 4.79 Å². The molecular weight excluding hydrogens is 422 g/mol. The lowest BCUT2D eigenvalue weighted by molar-refractivity contribution is 0.103. The van der Waals surface area contributed by atoms with E-state index in [2.05, 4.69) is 5.32 Å². The zero-order valence-corrected chi connectivity index (χ0v) is 19.7. The minimum absolute atomic E-state index is 0.0904. The fraction of sp³-hybridized carbons (Fsp3) is 0.276. The molecule has 0 radical (unpaired) electrons. The quantitative estimate of drug-likeness (QED) is 0.438.